The van der Waals surface area contributed by atoms with Gasteiger partial charge in [-0.3, -0.25) is 0 Å². The van der Waals surface area contributed by atoms with Crippen molar-refractivity contribution in [3.8, 4) is 0 Å². The van der Waals surface area contributed by atoms with Gasteiger partial charge in [0.2, 0.25) is 5.95 Å². The Kier molecular flexibility index (Phi) is 2.60. The molecule has 3 rings (SSSR count). The summed E-state index contributed by atoms with van der Waals surface area (Å²) >= 11 is 5.96. The lowest BCUT2D eigenvalue weighted by molar-refractivity contribution is 0.0101. The number of aromatic amines is 1. The molecule has 3 N–H and O–H groups in total. The van der Waals surface area contributed by atoms with Crippen LogP contribution in [0.1, 0.15) is 31.2 Å². The number of hydrogen-bond acceptors (Lipinski definition) is 5. The number of fused-ring (bicyclic) bond motifs is 1. The first-order valence-electron chi connectivity index (χ1n) is 5.54. The SMILES string of the molecule is Nc1nc(Cl)c2nc(C3CCCCO3)[nH]c2n1. The zero-order chi connectivity index (χ0) is 11.8. The Morgan fingerprint density at radius 3 is 2.94 bits per heavy atom. The largest absolute Gasteiger partial charge is 0.370 e. The number of aromatic nitrogens is 4. The third kappa shape index (κ3) is 1.94. The molecule has 0 saturated carbocycles. The molecule has 7 heteroatoms. The molecule has 3 heterocycles. The summed E-state index contributed by atoms with van der Waals surface area (Å²) in [7, 11) is 0. The van der Waals surface area contributed by atoms with E-state index in [1.165, 1.54) is 0 Å². The van der Waals surface area contributed by atoms with Crippen LogP contribution in [-0.4, -0.2) is 26.5 Å². The Morgan fingerprint density at radius 1 is 1.29 bits per heavy atom. The summed E-state index contributed by atoms with van der Waals surface area (Å²) in [5, 5.41) is 0.269. The Bertz CT molecular complexity index is 549. The van der Waals surface area contributed by atoms with E-state index in [4.69, 9.17) is 22.1 Å². The van der Waals surface area contributed by atoms with Crippen LogP contribution < -0.4 is 5.73 Å². The van der Waals surface area contributed by atoms with Crippen LogP contribution >= 0.6 is 11.6 Å². The molecule has 6 nitrogen and oxygen atoms in total. The lowest BCUT2D eigenvalue weighted by Crippen LogP contribution is -2.12. The maximum atomic E-state index is 5.96. The van der Waals surface area contributed by atoms with E-state index in [0.717, 1.165) is 31.7 Å². The van der Waals surface area contributed by atoms with Crippen LogP contribution in [0.25, 0.3) is 11.2 Å². The molecule has 2 aromatic rings. The van der Waals surface area contributed by atoms with Gasteiger partial charge in [0.15, 0.2) is 10.8 Å². The average Bonchev–Trinajstić information content (AvgIpc) is 2.74. The van der Waals surface area contributed by atoms with Gasteiger partial charge >= 0.3 is 0 Å². The van der Waals surface area contributed by atoms with Gasteiger partial charge in [0.1, 0.15) is 17.4 Å². The van der Waals surface area contributed by atoms with Gasteiger partial charge in [0, 0.05) is 6.61 Å². The van der Waals surface area contributed by atoms with Gasteiger partial charge < -0.3 is 15.5 Å². The second kappa shape index (κ2) is 4.12. The number of imidazole rings is 1. The van der Waals surface area contributed by atoms with E-state index in [1.54, 1.807) is 0 Å². The van der Waals surface area contributed by atoms with Gasteiger partial charge in [-0.25, -0.2) is 4.98 Å². The summed E-state index contributed by atoms with van der Waals surface area (Å²) in [4.78, 5) is 15.4. The Labute approximate surface area is 103 Å². The molecule has 0 bridgehead atoms. The van der Waals surface area contributed by atoms with Gasteiger partial charge in [-0.05, 0) is 19.3 Å². The number of nitrogens with two attached hydrogens (primary N) is 1. The number of nitrogens with one attached hydrogen (secondary N) is 1. The molecule has 0 spiro atoms. The molecule has 0 amide bonds. The van der Waals surface area contributed by atoms with Crippen molar-refractivity contribution in [3.63, 3.8) is 0 Å². The molecule has 17 heavy (non-hydrogen) atoms. The second-order valence-electron chi connectivity index (χ2n) is 4.05. The van der Waals surface area contributed by atoms with Gasteiger partial charge in [-0.15, -0.1) is 0 Å². The maximum absolute atomic E-state index is 5.96. The summed E-state index contributed by atoms with van der Waals surface area (Å²) in [5.74, 6) is 0.892. The first-order chi connectivity index (χ1) is 8.24. The maximum Gasteiger partial charge on any atom is 0.223 e. The first kappa shape index (κ1) is 10.7. The van der Waals surface area contributed by atoms with Gasteiger partial charge in [0.05, 0.1) is 0 Å². The van der Waals surface area contributed by atoms with E-state index in [1.807, 2.05) is 0 Å². The molecule has 1 fully saturated rings. The van der Waals surface area contributed by atoms with Crippen molar-refractivity contribution in [2.75, 3.05) is 12.3 Å². The fourth-order valence-corrected chi connectivity index (χ4v) is 2.23. The lowest BCUT2D eigenvalue weighted by atomic mass is 10.1. The molecular weight excluding hydrogens is 242 g/mol. The predicted molar refractivity (Wildman–Crippen MR) is 63.7 cm³/mol. The van der Waals surface area contributed by atoms with Gasteiger partial charge in [0.25, 0.3) is 0 Å². The normalized spacial score (nSPS) is 20.9. The summed E-state index contributed by atoms with van der Waals surface area (Å²) < 4.78 is 5.65. The van der Waals surface area contributed by atoms with Crippen molar-refractivity contribution in [1.29, 1.82) is 0 Å². The van der Waals surface area contributed by atoms with Crippen LogP contribution in [0, 0.1) is 0 Å². The van der Waals surface area contributed by atoms with Gasteiger partial charge in [-0.1, -0.05) is 11.6 Å². The number of anilines is 1. The summed E-state index contributed by atoms with van der Waals surface area (Å²) in [5.41, 5.74) is 6.63. The molecule has 1 aliphatic rings. The van der Waals surface area contributed by atoms with Gasteiger partial charge in [-0.2, -0.15) is 9.97 Å². The minimum Gasteiger partial charge on any atom is -0.370 e. The van der Waals surface area contributed by atoms with Crippen LogP contribution in [-0.2, 0) is 4.74 Å². The summed E-state index contributed by atoms with van der Waals surface area (Å²) in [6, 6.07) is 0. The molecule has 1 aliphatic heterocycles. The van der Waals surface area contributed by atoms with Crippen LogP contribution in [0.3, 0.4) is 0 Å². The van der Waals surface area contributed by atoms with Crippen molar-refractivity contribution in [1.82, 2.24) is 19.9 Å². The quantitative estimate of drug-likeness (QED) is 0.757. The standard InChI is InChI=1S/C10H12ClN5O/c11-7-6-9(16-10(12)14-7)15-8(13-6)5-3-1-2-4-17-5/h5H,1-4H2,(H3,12,13,14,15,16). The van der Waals surface area contributed by atoms with Crippen molar-refractivity contribution in [2.24, 2.45) is 0 Å². The van der Waals surface area contributed by atoms with Crippen molar-refractivity contribution < 1.29 is 4.74 Å². The fraction of sp³-hybridized carbons (Fsp3) is 0.500. The molecule has 1 saturated heterocycles. The third-order valence-electron chi connectivity index (χ3n) is 2.82. The minimum absolute atomic E-state index is 0.00441. The third-order valence-corrected chi connectivity index (χ3v) is 3.09. The topological polar surface area (TPSA) is 89.7 Å². The number of H-pyrrole nitrogens is 1. The van der Waals surface area contributed by atoms with E-state index in [9.17, 15) is 0 Å². The second-order valence-corrected chi connectivity index (χ2v) is 4.41. The van der Waals surface area contributed by atoms with Crippen molar-refractivity contribution >= 4 is 28.7 Å². The van der Waals surface area contributed by atoms with E-state index in [2.05, 4.69) is 19.9 Å². The number of nitrogen functional groups attached to an aromatic ring is 1. The van der Waals surface area contributed by atoms with Crippen LogP contribution in [0.4, 0.5) is 5.95 Å². The lowest BCUT2D eigenvalue weighted by Gasteiger charge is -2.20. The summed E-state index contributed by atoms with van der Waals surface area (Å²) in [6.07, 6.45) is 3.20. The highest BCUT2D eigenvalue weighted by molar-refractivity contribution is 6.33. The molecule has 2 aromatic heterocycles. The monoisotopic (exact) mass is 253 g/mol. The molecule has 90 valence electrons. The molecule has 0 radical (unpaired) electrons. The van der Waals surface area contributed by atoms with Crippen molar-refractivity contribution in [3.05, 3.63) is 11.0 Å². The van der Waals surface area contributed by atoms with Crippen LogP contribution in [0.5, 0.6) is 0 Å². The van der Waals surface area contributed by atoms with E-state index < -0.39 is 0 Å². The van der Waals surface area contributed by atoms with Crippen molar-refractivity contribution in [2.45, 2.75) is 25.4 Å². The number of nitrogens with zero attached hydrogens (tertiary/aromatic N) is 3. The predicted octanol–water partition coefficient (Wildman–Crippen LogP) is 1.83. The van der Waals surface area contributed by atoms with E-state index in [-0.39, 0.29) is 17.2 Å². The number of rotatable bonds is 1. The molecule has 0 aliphatic carbocycles. The molecule has 0 aromatic carbocycles. The highest BCUT2D eigenvalue weighted by atomic mass is 35.5. The van der Waals surface area contributed by atoms with Crippen LogP contribution in [0.15, 0.2) is 0 Å². The smallest absolute Gasteiger partial charge is 0.223 e. The summed E-state index contributed by atoms with van der Waals surface area (Å²) in [6.45, 7) is 0.767. The molecule has 1 atom stereocenters. The minimum atomic E-state index is -0.00441. The first-order valence-corrected chi connectivity index (χ1v) is 5.92. The Balaban J connectivity index is 2.03. The number of ether oxygens (including phenoxy) is 1. The molecular formula is C10H12ClN5O. The zero-order valence-corrected chi connectivity index (χ0v) is 9.87. The number of hydrogen-bond donors (Lipinski definition) is 2. The van der Waals surface area contributed by atoms with E-state index in [0.29, 0.717) is 11.2 Å². The highest BCUT2D eigenvalue weighted by Crippen LogP contribution is 2.28. The average molecular weight is 254 g/mol. The van der Waals surface area contributed by atoms with Crippen LogP contribution in [0.2, 0.25) is 5.15 Å². The Hall–Kier alpha value is -1.40. The zero-order valence-electron chi connectivity index (χ0n) is 9.11. The highest BCUT2D eigenvalue weighted by Gasteiger charge is 2.21. The number of halogens is 1. The molecule has 1 unspecified atom stereocenters. The van der Waals surface area contributed by atoms with E-state index >= 15 is 0 Å². The fourth-order valence-electron chi connectivity index (χ4n) is 2.01. The Morgan fingerprint density at radius 2 is 2.18 bits per heavy atom.